The van der Waals surface area contributed by atoms with E-state index in [1.54, 1.807) is 0 Å². The summed E-state index contributed by atoms with van der Waals surface area (Å²) >= 11 is 0. The number of carboxylic acid groups (broad SMARTS) is 1. The van der Waals surface area contributed by atoms with Crippen molar-refractivity contribution in [3.05, 3.63) is 35.9 Å². The predicted molar refractivity (Wildman–Crippen MR) is 83.2 cm³/mol. The van der Waals surface area contributed by atoms with Crippen molar-refractivity contribution < 1.29 is 29.0 Å². The Kier molecular flexibility index (Phi) is 6.06. The molecule has 0 aromatic heterocycles. The van der Waals surface area contributed by atoms with E-state index in [-0.39, 0.29) is 6.61 Å². The minimum Gasteiger partial charge on any atom is -0.481 e. The molecule has 1 aliphatic rings. The van der Waals surface area contributed by atoms with Gasteiger partial charge in [0.05, 0.1) is 0 Å². The van der Waals surface area contributed by atoms with Crippen molar-refractivity contribution in [1.29, 1.82) is 0 Å². The second kappa shape index (κ2) is 8.24. The average molecular weight is 333 g/mol. The van der Waals surface area contributed by atoms with Crippen LogP contribution in [0.3, 0.4) is 0 Å². The first-order valence-corrected chi connectivity index (χ1v) is 7.72. The second-order valence-corrected chi connectivity index (χ2v) is 5.66. The maximum absolute atomic E-state index is 12.0. The summed E-state index contributed by atoms with van der Waals surface area (Å²) in [6.45, 7) is 0.796. The fraction of sp³-hybridized carbons (Fsp3) is 0.412. The highest BCUT2D eigenvalue weighted by Crippen LogP contribution is 2.20. The Bertz CT molecular complexity index is 619. The molecule has 1 N–H and O–H groups in total. The number of amides is 1. The van der Waals surface area contributed by atoms with Gasteiger partial charge in [-0.3, -0.25) is 14.4 Å². The van der Waals surface area contributed by atoms with Gasteiger partial charge in [-0.15, -0.1) is 0 Å². The van der Waals surface area contributed by atoms with Crippen LogP contribution in [0.15, 0.2) is 30.3 Å². The number of ether oxygens (including phenoxy) is 1. The molecular weight excluding hydrogens is 314 g/mol. The quantitative estimate of drug-likeness (QED) is 0.627. The van der Waals surface area contributed by atoms with Gasteiger partial charge in [0.2, 0.25) is 11.6 Å². The summed E-state index contributed by atoms with van der Waals surface area (Å²) in [4.78, 5) is 47.3. The monoisotopic (exact) mass is 333 g/mol. The molecule has 1 saturated heterocycles. The van der Waals surface area contributed by atoms with Crippen LogP contribution in [0.2, 0.25) is 0 Å². The van der Waals surface area contributed by atoms with Crippen molar-refractivity contribution >= 4 is 23.6 Å². The van der Waals surface area contributed by atoms with Gasteiger partial charge >= 0.3 is 12.1 Å². The van der Waals surface area contributed by atoms with E-state index < -0.39 is 36.0 Å². The lowest BCUT2D eigenvalue weighted by Crippen LogP contribution is -2.41. The molecular formula is C17H19NO6. The molecule has 1 heterocycles. The van der Waals surface area contributed by atoms with Gasteiger partial charge in [-0.2, -0.15) is 0 Å². The number of benzene rings is 1. The summed E-state index contributed by atoms with van der Waals surface area (Å²) in [7, 11) is 0. The highest BCUT2D eigenvalue weighted by atomic mass is 16.6. The Morgan fingerprint density at radius 2 is 1.71 bits per heavy atom. The highest BCUT2D eigenvalue weighted by Gasteiger charge is 2.31. The van der Waals surface area contributed by atoms with Gasteiger partial charge < -0.3 is 14.7 Å². The van der Waals surface area contributed by atoms with Crippen molar-refractivity contribution in [2.75, 3.05) is 13.1 Å². The lowest BCUT2D eigenvalue weighted by molar-refractivity contribution is -0.146. The summed E-state index contributed by atoms with van der Waals surface area (Å²) in [5, 5.41) is 8.56. The largest absolute Gasteiger partial charge is 0.481 e. The number of carboxylic acids is 1. The van der Waals surface area contributed by atoms with Crippen molar-refractivity contribution in [2.24, 2.45) is 5.92 Å². The number of hydrogen-bond donors (Lipinski definition) is 1. The van der Waals surface area contributed by atoms with Gasteiger partial charge in [0, 0.05) is 19.0 Å². The van der Waals surface area contributed by atoms with Gasteiger partial charge in [-0.25, -0.2) is 4.79 Å². The van der Waals surface area contributed by atoms with Crippen LogP contribution in [-0.2, 0) is 25.7 Å². The Morgan fingerprint density at radius 3 is 2.29 bits per heavy atom. The molecule has 0 aliphatic carbocycles. The average Bonchev–Trinajstić information content (AvgIpc) is 2.59. The van der Waals surface area contributed by atoms with Crippen molar-refractivity contribution in [1.82, 2.24) is 4.90 Å². The fourth-order valence-electron chi connectivity index (χ4n) is 2.59. The van der Waals surface area contributed by atoms with Crippen molar-refractivity contribution in [2.45, 2.75) is 25.9 Å². The van der Waals surface area contributed by atoms with E-state index in [0.29, 0.717) is 25.9 Å². The summed E-state index contributed by atoms with van der Waals surface area (Å²) < 4.78 is 5.22. The Morgan fingerprint density at radius 1 is 1.08 bits per heavy atom. The normalized spacial score (nSPS) is 14.9. The SMILES string of the molecule is O=C(O)CC(=O)C(=O)C1CCN(C(=O)OCc2ccccc2)CC1. The van der Waals surface area contributed by atoms with Crippen LogP contribution in [0.25, 0.3) is 0 Å². The number of carbonyl (C=O) groups is 4. The standard InChI is InChI=1S/C17H19NO6/c19-14(10-15(20)21)16(22)13-6-8-18(9-7-13)17(23)24-11-12-4-2-1-3-5-12/h1-5,13H,6-11H2,(H,20,21). The molecule has 128 valence electrons. The molecule has 0 unspecified atom stereocenters. The van der Waals surface area contributed by atoms with Crippen LogP contribution in [0.4, 0.5) is 4.79 Å². The highest BCUT2D eigenvalue weighted by molar-refractivity contribution is 6.40. The number of piperidine rings is 1. The molecule has 7 nitrogen and oxygen atoms in total. The number of nitrogens with zero attached hydrogens (tertiary/aromatic N) is 1. The molecule has 1 aromatic carbocycles. The third-order valence-corrected chi connectivity index (χ3v) is 3.92. The summed E-state index contributed by atoms with van der Waals surface area (Å²) in [6.07, 6.45) is -0.561. The lowest BCUT2D eigenvalue weighted by Gasteiger charge is -2.30. The van der Waals surface area contributed by atoms with E-state index in [2.05, 4.69) is 0 Å². The zero-order chi connectivity index (χ0) is 17.5. The summed E-state index contributed by atoms with van der Waals surface area (Å²) in [5.41, 5.74) is 0.884. The molecule has 2 rings (SSSR count). The Balaban J connectivity index is 1.77. The van der Waals surface area contributed by atoms with Gasteiger partial charge in [0.15, 0.2) is 0 Å². The Labute approximate surface area is 139 Å². The molecule has 1 amide bonds. The van der Waals surface area contributed by atoms with E-state index in [9.17, 15) is 19.2 Å². The van der Waals surface area contributed by atoms with Crippen molar-refractivity contribution in [3.63, 3.8) is 0 Å². The first-order valence-electron chi connectivity index (χ1n) is 7.72. The number of aliphatic carboxylic acids is 1. The second-order valence-electron chi connectivity index (χ2n) is 5.66. The molecule has 24 heavy (non-hydrogen) atoms. The number of carbonyl (C=O) groups excluding carboxylic acids is 3. The fourth-order valence-corrected chi connectivity index (χ4v) is 2.59. The van der Waals surface area contributed by atoms with E-state index in [1.165, 1.54) is 4.90 Å². The van der Waals surface area contributed by atoms with Crippen LogP contribution in [-0.4, -0.2) is 46.7 Å². The van der Waals surface area contributed by atoms with Crippen LogP contribution >= 0.6 is 0 Å². The maximum atomic E-state index is 12.0. The van der Waals surface area contributed by atoms with Crippen LogP contribution < -0.4 is 0 Å². The summed E-state index contributed by atoms with van der Waals surface area (Å²) in [5.74, 6) is -3.37. The van der Waals surface area contributed by atoms with E-state index >= 15 is 0 Å². The third-order valence-electron chi connectivity index (χ3n) is 3.92. The molecule has 0 spiro atoms. The number of ketones is 2. The van der Waals surface area contributed by atoms with E-state index in [1.807, 2.05) is 30.3 Å². The van der Waals surface area contributed by atoms with Crippen LogP contribution in [0.1, 0.15) is 24.8 Å². The number of Topliss-reactive ketones (excluding diaryl/α,β-unsaturated/α-hetero) is 2. The number of likely N-dealkylation sites (tertiary alicyclic amines) is 1. The molecule has 7 heteroatoms. The minimum absolute atomic E-state index is 0.176. The molecule has 1 fully saturated rings. The molecule has 1 aliphatic heterocycles. The zero-order valence-corrected chi connectivity index (χ0v) is 13.1. The molecule has 0 saturated carbocycles. The van der Waals surface area contributed by atoms with Crippen LogP contribution in [0, 0.1) is 5.92 Å². The van der Waals surface area contributed by atoms with Crippen molar-refractivity contribution in [3.8, 4) is 0 Å². The lowest BCUT2D eigenvalue weighted by atomic mass is 9.90. The van der Waals surface area contributed by atoms with E-state index in [0.717, 1.165) is 5.56 Å². The van der Waals surface area contributed by atoms with Gasteiger partial charge in [0.1, 0.15) is 13.0 Å². The van der Waals surface area contributed by atoms with E-state index in [4.69, 9.17) is 9.84 Å². The first-order chi connectivity index (χ1) is 11.5. The van der Waals surface area contributed by atoms with Gasteiger partial charge in [-0.05, 0) is 18.4 Å². The topological polar surface area (TPSA) is 101 Å². The third kappa shape index (κ3) is 4.91. The molecule has 0 bridgehead atoms. The predicted octanol–water partition coefficient (Wildman–Crippen LogP) is 1.65. The molecule has 0 radical (unpaired) electrons. The Hall–Kier alpha value is -2.70. The molecule has 1 aromatic rings. The molecule has 0 atom stereocenters. The number of rotatable bonds is 6. The maximum Gasteiger partial charge on any atom is 0.410 e. The minimum atomic E-state index is -1.31. The number of hydrogen-bond acceptors (Lipinski definition) is 5. The summed E-state index contributed by atoms with van der Waals surface area (Å²) in [6, 6.07) is 9.29. The van der Waals surface area contributed by atoms with Crippen LogP contribution in [0.5, 0.6) is 0 Å². The first kappa shape index (κ1) is 17.7. The van der Waals surface area contributed by atoms with Gasteiger partial charge in [-0.1, -0.05) is 30.3 Å². The smallest absolute Gasteiger partial charge is 0.410 e. The van der Waals surface area contributed by atoms with Gasteiger partial charge in [0.25, 0.3) is 0 Å². The zero-order valence-electron chi connectivity index (χ0n) is 13.1.